The molecule has 0 aliphatic heterocycles. The topological polar surface area (TPSA) is 92.9 Å². The number of benzene rings is 2. The molecule has 0 saturated heterocycles. The van der Waals surface area contributed by atoms with Crippen molar-refractivity contribution in [3.63, 3.8) is 0 Å². The zero-order valence-electron chi connectivity index (χ0n) is 16.2. The second-order valence-electron chi connectivity index (χ2n) is 5.74. The van der Waals surface area contributed by atoms with Gasteiger partial charge >= 0.3 is 5.97 Å². The van der Waals surface area contributed by atoms with E-state index in [4.69, 9.17) is 23.4 Å². The molecule has 0 aliphatic rings. The summed E-state index contributed by atoms with van der Waals surface area (Å²) >= 11 is 1.33. The number of carbonyl (C=O) groups is 1. The smallest absolute Gasteiger partial charge is 0.337 e. The fraction of sp³-hybridized carbons (Fsp3) is 0.250. The molecular weight excluding hydrogens is 396 g/mol. The predicted octanol–water partition coefficient (Wildman–Crippen LogP) is 3.74. The van der Waals surface area contributed by atoms with Crippen LogP contribution in [0.15, 0.2) is 52.1 Å². The molecule has 0 amide bonds. The third-order valence-electron chi connectivity index (χ3n) is 3.90. The lowest BCUT2D eigenvalue weighted by Crippen LogP contribution is -2.02. The minimum atomic E-state index is -0.409. The number of thioether (sulfide) groups is 1. The highest BCUT2D eigenvalue weighted by Gasteiger charge is 2.13. The Morgan fingerprint density at radius 1 is 1.03 bits per heavy atom. The van der Waals surface area contributed by atoms with Crippen molar-refractivity contribution in [2.45, 2.75) is 17.6 Å². The minimum absolute atomic E-state index is 0.141. The van der Waals surface area contributed by atoms with Gasteiger partial charge in [0, 0.05) is 17.4 Å². The summed E-state index contributed by atoms with van der Waals surface area (Å²) in [5.74, 6) is 2.42. The van der Waals surface area contributed by atoms with E-state index in [0.29, 0.717) is 39.7 Å². The predicted molar refractivity (Wildman–Crippen MR) is 106 cm³/mol. The van der Waals surface area contributed by atoms with Crippen molar-refractivity contribution in [3.05, 3.63) is 59.5 Å². The lowest BCUT2D eigenvalue weighted by Gasteiger charge is -2.09. The zero-order valence-corrected chi connectivity index (χ0v) is 17.0. The maximum Gasteiger partial charge on any atom is 0.337 e. The molecule has 8 nitrogen and oxygen atoms in total. The average molecular weight is 416 g/mol. The largest absolute Gasteiger partial charge is 0.497 e. The van der Waals surface area contributed by atoms with Crippen LogP contribution in [0.25, 0.3) is 0 Å². The molecule has 1 aromatic heterocycles. The van der Waals surface area contributed by atoms with Crippen LogP contribution in [-0.4, -0.2) is 37.5 Å². The van der Waals surface area contributed by atoms with Crippen LogP contribution >= 0.6 is 11.8 Å². The molecule has 1 heterocycles. The average Bonchev–Trinajstić information content (AvgIpc) is 3.23. The van der Waals surface area contributed by atoms with Crippen molar-refractivity contribution in [2.24, 2.45) is 0 Å². The molecule has 0 fully saturated rings. The highest BCUT2D eigenvalue weighted by Crippen LogP contribution is 2.29. The molecule has 0 atom stereocenters. The summed E-state index contributed by atoms with van der Waals surface area (Å²) in [5, 5.41) is 8.39. The number of rotatable bonds is 9. The summed E-state index contributed by atoms with van der Waals surface area (Å²) < 4.78 is 26.5. The first kappa shape index (κ1) is 20.5. The highest BCUT2D eigenvalue weighted by molar-refractivity contribution is 7.98. The Labute approximate surface area is 172 Å². The number of nitrogens with zero attached hydrogens (tertiary/aromatic N) is 2. The number of hydrogen-bond acceptors (Lipinski definition) is 9. The van der Waals surface area contributed by atoms with Gasteiger partial charge in [0.25, 0.3) is 11.1 Å². The first-order valence-corrected chi connectivity index (χ1v) is 9.58. The fourth-order valence-electron chi connectivity index (χ4n) is 2.47. The maximum absolute atomic E-state index is 11.7. The molecule has 3 aromatic rings. The maximum atomic E-state index is 11.7. The summed E-state index contributed by atoms with van der Waals surface area (Å²) in [6.45, 7) is 0.141. The van der Waals surface area contributed by atoms with Gasteiger partial charge in [-0.1, -0.05) is 17.8 Å². The third kappa shape index (κ3) is 5.41. The minimum Gasteiger partial charge on any atom is -0.497 e. The van der Waals surface area contributed by atoms with Crippen LogP contribution in [0, 0.1) is 0 Å². The fourth-order valence-corrected chi connectivity index (χ4v) is 3.22. The standard InChI is InChI=1S/C20H20N2O6S/c1-24-15-5-4-6-16(10-15)27-11-18-21-22-20(28-18)29-12-14-9-13(19(23)26-3)7-8-17(14)25-2/h4-10H,11-12H2,1-3H3. The van der Waals surface area contributed by atoms with Crippen LogP contribution in [-0.2, 0) is 17.1 Å². The van der Waals surface area contributed by atoms with Gasteiger partial charge in [-0.2, -0.15) is 0 Å². The molecule has 3 rings (SSSR count). The molecule has 0 unspecified atom stereocenters. The summed E-state index contributed by atoms with van der Waals surface area (Å²) in [4.78, 5) is 11.7. The van der Waals surface area contributed by atoms with Crippen molar-refractivity contribution >= 4 is 17.7 Å². The van der Waals surface area contributed by atoms with Gasteiger partial charge in [-0.25, -0.2) is 4.79 Å². The Hall–Kier alpha value is -3.20. The quantitative estimate of drug-likeness (QED) is 0.382. The molecule has 0 saturated carbocycles. The van der Waals surface area contributed by atoms with Gasteiger partial charge in [-0.05, 0) is 30.3 Å². The van der Waals surface area contributed by atoms with E-state index in [1.165, 1.54) is 18.9 Å². The molecule has 152 valence electrons. The van der Waals surface area contributed by atoms with Gasteiger partial charge in [0.2, 0.25) is 0 Å². The van der Waals surface area contributed by atoms with E-state index in [2.05, 4.69) is 10.2 Å². The normalized spacial score (nSPS) is 10.4. The summed E-state index contributed by atoms with van der Waals surface area (Å²) in [7, 11) is 4.51. The number of methoxy groups -OCH3 is 3. The van der Waals surface area contributed by atoms with Crippen LogP contribution in [0.5, 0.6) is 17.2 Å². The Morgan fingerprint density at radius 3 is 2.62 bits per heavy atom. The van der Waals surface area contributed by atoms with E-state index in [-0.39, 0.29) is 6.61 Å². The molecule has 0 N–H and O–H groups in total. The Bertz CT molecular complexity index is 975. The number of hydrogen-bond donors (Lipinski definition) is 0. The van der Waals surface area contributed by atoms with E-state index in [1.807, 2.05) is 18.2 Å². The van der Waals surface area contributed by atoms with Crippen molar-refractivity contribution in [1.29, 1.82) is 0 Å². The summed E-state index contributed by atoms with van der Waals surface area (Å²) in [5.41, 5.74) is 1.26. The second-order valence-corrected chi connectivity index (χ2v) is 6.66. The van der Waals surface area contributed by atoms with E-state index in [0.717, 1.165) is 5.56 Å². The van der Waals surface area contributed by atoms with Gasteiger partial charge < -0.3 is 23.4 Å². The van der Waals surface area contributed by atoms with Crippen molar-refractivity contribution in [3.8, 4) is 17.2 Å². The summed E-state index contributed by atoms with van der Waals surface area (Å²) in [6, 6.07) is 12.3. The zero-order chi connectivity index (χ0) is 20.6. The van der Waals surface area contributed by atoms with Gasteiger partial charge in [0.05, 0.1) is 26.9 Å². The first-order chi connectivity index (χ1) is 14.1. The number of esters is 1. The molecular formula is C20H20N2O6S. The highest BCUT2D eigenvalue weighted by atomic mass is 32.2. The molecule has 9 heteroatoms. The Balaban J connectivity index is 1.61. The number of ether oxygens (including phenoxy) is 4. The number of carbonyl (C=O) groups excluding carboxylic acids is 1. The molecule has 0 spiro atoms. The number of aromatic nitrogens is 2. The van der Waals surface area contributed by atoms with Crippen LogP contribution in [0.2, 0.25) is 0 Å². The third-order valence-corrected chi connectivity index (χ3v) is 4.77. The van der Waals surface area contributed by atoms with Crippen molar-refractivity contribution in [2.75, 3.05) is 21.3 Å². The molecule has 0 radical (unpaired) electrons. The second kappa shape index (κ2) is 9.83. The Morgan fingerprint density at radius 2 is 1.86 bits per heavy atom. The lowest BCUT2D eigenvalue weighted by atomic mass is 10.1. The van der Waals surface area contributed by atoms with Crippen LogP contribution in [0.4, 0.5) is 0 Å². The lowest BCUT2D eigenvalue weighted by molar-refractivity contribution is 0.0600. The summed E-state index contributed by atoms with van der Waals surface area (Å²) in [6.07, 6.45) is 0. The van der Waals surface area contributed by atoms with E-state index in [9.17, 15) is 4.79 Å². The van der Waals surface area contributed by atoms with Crippen molar-refractivity contribution in [1.82, 2.24) is 10.2 Å². The van der Waals surface area contributed by atoms with Gasteiger partial charge in [-0.3, -0.25) is 0 Å². The van der Waals surface area contributed by atoms with E-state index in [1.54, 1.807) is 38.5 Å². The Kier molecular flexibility index (Phi) is 6.96. The van der Waals surface area contributed by atoms with Gasteiger partial charge in [0.1, 0.15) is 17.2 Å². The van der Waals surface area contributed by atoms with E-state index < -0.39 is 5.97 Å². The molecule has 2 aromatic carbocycles. The van der Waals surface area contributed by atoms with Crippen LogP contribution in [0.3, 0.4) is 0 Å². The van der Waals surface area contributed by atoms with Gasteiger partial charge in [0.15, 0.2) is 6.61 Å². The van der Waals surface area contributed by atoms with Crippen molar-refractivity contribution < 1.29 is 28.2 Å². The molecule has 0 aliphatic carbocycles. The van der Waals surface area contributed by atoms with Gasteiger partial charge in [-0.15, -0.1) is 10.2 Å². The van der Waals surface area contributed by atoms with Crippen LogP contribution < -0.4 is 14.2 Å². The van der Waals surface area contributed by atoms with Crippen LogP contribution in [0.1, 0.15) is 21.8 Å². The molecule has 29 heavy (non-hydrogen) atoms. The van der Waals surface area contributed by atoms with E-state index >= 15 is 0 Å². The monoisotopic (exact) mass is 416 g/mol. The molecule has 0 bridgehead atoms. The SMILES string of the molecule is COC(=O)c1ccc(OC)c(CSc2nnc(COc3cccc(OC)c3)o2)c1. The first-order valence-electron chi connectivity index (χ1n) is 8.60.